The summed E-state index contributed by atoms with van der Waals surface area (Å²) in [5.74, 6) is -2.05. The number of fused-ring (bicyclic) bond motifs is 1. The number of rotatable bonds is 7. The number of ether oxygens (including phenoxy) is 1. The van der Waals surface area contributed by atoms with Crippen LogP contribution < -0.4 is 15.0 Å². The molecule has 0 saturated carbocycles. The Morgan fingerprint density at radius 3 is 2.50 bits per heavy atom. The van der Waals surface area contributed by atoms with Crippen molar-refractivity contribution in [2.24, 2.45) is 0 Å². The molecule has 1 N–H and O–H groups in total. The van der Waals surface area contributed by atoms with E-state index in [4.69, 9.17) is 22.3 Å². The molecule has 0 spiro atoms. The lowest BCUT2D eigenvalue weighted by Crippen LogP contribution is -2.52. The van der Waals surface area contributed by atoms with Crippen LogP contribution in [-0.4, -0.2) is 59.6 Å². The highest BCUT2D eigenvalue weighted by atomic mass is 19.1. The van der Waals surface area contributed by atoms with Gasteiger partial charge in [0, 0.05) is 55.6 Å². The van der Waals surface area contributed by atoms with Crippen molar-refractivity contribution in [3.63, 3.8) is 0 Å². The molecule has 2 fully saturated rings. The number of imide groups is 1. The molecule has 1 atom stereocenters. The van der Waals surface area contributed by atoms with Gasteiger partial charge in [0.1, 0.15) is 24.2 Å². The van der Waals surface area contributed by atoms with Gasteiger partial charge in [-0.15, -0.1) is 0 Å². The molecule has 3 amide bonds. The Morgan fingerprint density at radius 1 is 1.02 bits per heavy atom. The number of carbonyl (C=O) groups is 3. The van der Waals surface area contributed by atoms with Crippen LogP contribution in [0.3, 0.4) is 0 Å². The van der Waals surface area contributed by atoms with Crippen molar-refractivity contribution in [1.29, 1.82) is 0 Å². The minimum atomic E-state index is -3.29. The smallest absolute Gasteiger partial charge is 0.255 e. The third-order valence-electron chi connectivity index (χ3n) is 7.19. The highest BCUT2D eigenvalue weighted by molar-refractivity contribution is 6.05. The molecule has 3 aliphatic rings. The molecule has 1 unspecified atom stereocenters. The van der Waals surface area contributed by atoms with Crippen molar-refractivity contribution in [3.8, 4) is 5.75 Å². The van der Waals surface area contributed by atoms with Crippen molar-refractivity contribution >= 4 is 29.1 Å². The van der Waals surface area contributed by atoms with E-state index in [0.29, 0.717) is 32.9 Å². The lowest BCUT2D eigenvalue weighted by molar-refractivity contribution is -0.136. The Morgan fingerprint density at radius 2 is 1.79 bits per heavy atom. The normalized spacial score (nSPS) is 26.6. The van der Waals surface area contributed by atoms with E-state index in [1.807, 2.05) is 0 Å². The fourth-order valence-electron chi connectivity index (χ4n) is 5.00. The molecule has 9 nitrogen and oxygen atoms in total. The second-order valence-electron chi connectivity index (χ2n) is 9.90. The first kappa shape index (κ1) is 19.4. The third-order valence-corrected chi connectivity index (χ3v) is 7.19. The van der Waals surface area contributed by atoms with Gasteiger partial charge in [0.15, 0.2) is 5.69 Å². The zero-order valence-electron chi connectivity index (χ0n) is 30.2. The summed E-state index contributed by atoms with van der Waals surface area (Å²) in [6.07, 6.45) is 0.345. The molecule has 0 radical (unpaired) electrons. The van der Waals surface area contributed by atoms with Crippen LogP contribution >= 0.6 is 0 Å². The molecule has 42 heavy (non-hydrogen) atoms. The van der Waals surface area contributed by atoms with Crippen LogP contribution in [0.5, 0.6) is 5.75 Å². The van der Waals surface area contributed by atoms with Crippen LogP contribution in [0, 0.1) is 12.4 Å². The summed E-state index contributed by atoms with van der Waals surface area (Å²) < 4.78 is 90.4. The van der Waals surface area contributed by atoms with E-state index in [9.17, 15) is 14.4 Å². The number of anilines is 1. The molecular formula is C32H30FN5O4. The molecule has 0 bridgehead atoms. The lowest BCUT2D eigenvalue weighted by atomic mass is 10.0. The number of benzene rings is 3. The monoisotopic (exact) mass is 575 g/mol. The first-order valence-electron chi connectivity index (χ1n) is 17.1. The number of nitrogens with zero attached hydrogens (tertiary/aromatic N) is 4. The zero-order valence-corrected chi connectivity index (χ0v) is 22.2. The summed E-state index contributed by atoms with van der Waals surface area (Å²) in [7, 11) is 0. The highest BCUT2D eigenvalue weighted by Gasteiger charge is 2.40. The lowest BCUT2D eigenvalue weighted by Gasteiger charge is -2.36. The Bertz CT molecular complexity index is 1910. The van der Waals surface area contributed by atoms with Crippen LogP contribution in [0.25, 0.3) is 4.85 Å². The summed E-state index contributed by atoms with van der Waals surface area (Å²) >= 11 is 0. The minimum Gasteiger partial charge on any atom is -0.489 e. The van der Waals surface area contributed by atoms with Crippen LogP contribution in [-0.2, 0) is 29.3 Å². The average molecular weight is 576 g/mol. The summed E-state index contributed by atoms with van der Waals surface area (Å²) in [4.78, 5) is 42.2. The van der Waals surface area contributed by atoms with Gasteiger partial charge in [-0.3, -0.25) is 24.6 Å². The number of amides is 3. The average Bonchev–Trinajstić information content (AvgIpc) is 3.39. The number of piperidine rings is 1. The number of halogens is 1. The first-order chi connectivity index (χ1) is 23.4. The predicted molar refractivity (Wildman–Crippen MR) is 153 cm³/mol. The topological polar surface area (TPSA) is 86.5 Å². The molecule has 3 aromatic carbocycles. The van der Waals surface area contributed by atoms with Gasteiger partial charge in [0.2, 0.25) is 11.8 Å². The van der Waals surface area contributed by atoms with Crippen LogP contribution in [0.2, 0.25) is 0 Å². The molecule has 3 aliphatic heterocycles. The molecule has 214 valence electrons. The Hall–Kier alpha value is -4.75. The fraction of sp³-hybridized carbons (Fsp3) is 0.312. The maximum absolute atomic E-state index is 15.0. The van der Waals surface area contributed by atoms with Gasteiger partial charge >= 0.3 is 0 Å². The molecule has 0 aliphatic carbocycles. The van der Waals surface area contributed by atoms with E-state index in [1.165, 1.54) is 17.0 Å². The Labute approximate surface area is 254 Å². The number of hydrogen-bond donors (Lipinski definition) is 1. The molecule has 0 aromatic heterocycles. The van der Waals surface area contributed by atoms with E-state index >= 15 is 4.39 Å². The van der Waals surface area contributed by atoms with Gasteiger partial charge in [0.25, 0.3) is 5.91 Å². The standard InChI is InChI=1S/C32H30FN5O4/c1-34-23-9-10-27(26(33)17-23)37-15-13-36(14-16-37)18-21-5-7-22(8-6-21)20-42-29-4-2-3-24-25(29)19-38(32(24)41)28-11-12-30(39)35-31(28)40/h2-10,17,28H,11-16,18-20H2,(H,35,39,40)/i13D2,14D2,15D2,16D2. The van der Waals surface area contributed by atoms with E-state index in [-0.39, 0.29) is 48.4 Å². The van der Waals surface area contributed by atoms with Gasteiger partial charge in [0.05, 0.1) is 24.3 Å². The van der Waals surface area contributed by atoms with Crippen molar-refractivity contribution in [2.45, 2.75) is 38.6 Å². The van der Waals surface area contributed by atoms with Gasteiger partial charge in [-0.1, -0.05) is 36.4 Å². The van der Waals surface area contributed by atoms with E-state index in [1.54, 1.807) is 30.3 Å². The van der Waals surface area contributed by atoms with E-state index < -0.39 is 56.0 Å². The number of nitrogens with one attached hydrogen (secondary N) is 1. The van der Waals surface area contributed by atoms with Gasteiger partial charge in [-0.05, 0) is 41.8 Å². The summed E-state index contributed by atoms with van der Waals surface area (Å²) in [5, 5.41) is 2.27. The van der Waals surface area contributed by atoms with Crippen molar-refractivity contribution in [1.82, 2.24) is 15.1 Å². The molecule has 10 heteroatoms. The van der Waals surface area contributed by atoms with Crippen LogP contribution in [0.15, 0.2) is 60.7 Å². The fourth-order valence-corrected chi connectivity index (χ4v) is 5.00. The number of piperazine rings is 1. The van der Waals surface area contributed by atoms with Gasteiger partial charge < -0.3 is 14.5 Å². The molecule has 6 rings (SSSR count). The second-order valence-corrected chi connectivity index (χ2v) is 9.90. The van der Waals surface area contributed by atoms with Crippen LogP contribution in [0.1, 0.15) is 50.9 Å². The highest BCUT2D eigenvalue weighted by Crippen LogP contribution is 2.34. The third kappa shape index (κ3) is 5.56. The second kappa shape index (κ2) is 11.6. The SMILES string of the molecule is [2H]C1([2H])N(Cc2ccc(COc3cccc4c3CN(C3CCC(=O)NC3=O)C4=O)cc2)C([2H])([2H])C([2H])([2H])N(c2ccc([N+]#[C-])cc2F)C1([2H])[2H]. The number of carbonyl (C=O) groups excluding carboxylic acids is 3. The summed E-state index contributed by atoms with van der Waals surface area (Å²) in [6.45, 7) is -6.31. The quantitative estimate of drug-likeness (QED) is 0.338. The minimum absolute atomic E-state index is 0.0343. The molecular weight excluding hydrogens is 537 g/mol. The largest absolute Gasteiger partial charge is 0.489 e. The predicted octanol–water partition coefficient (Wildman–Crippen LogP) is 4.04. The van der Waals surface area contributed by atoms with Crippen molar-refractivity contribution in [2.75, 3.05) is 30.9 Å². The number of hydrogen-bond acceptors (Lipinski definition) is 6. The first-order valence-corrected chi connectivity index (χ1v) is 13.1. The molecule has 3 aromatic rings. The van der Waals surface area contributed by atoms with Gasteiger partial charge in [-0.25, -0.2) is 9.24 Å². The van der Waals surface area contributed by atoms with Crippen molar-refractivity contribution < 1.29 is 34.5 Å². The van der Waals surface area contributed by atoms with Crippen LogP contribution in [0.4, 0.5) is 15.8 Å². The molecule has 2 saturated heterocycles. The zero-order chi connectivity index (χ0) is 36.4. The van der Waals surface area contributed by atoms with Gasteiger partial charge in [-0.2, -0.15) is 0 Å². The van der Waals surface area contributed by atoms with E-state index in [0.717, 1.165) is 18.2 Å². The Kier molecular flexibility index (Phi) is 5.36. The maximum Gasteiger partial charge on any atom is 0.255 e. The van der Waals surface area contributed by atoms with E-state index in [2.05, 4.69) is 10.2 Å². The summed E-state index contributed by atoms with van der Waals surface area (Å²) in [6, 6.07) is 13.3. The molecule has 3 heterocycles. The summed E-state index contributed by atoms with van der Waals surface area (Å²) in [5.41, 5.74) is 1.05. The maximum atomic E-state index is 15.0. The van der Waals surface area contributed by atoms with Crippen molar-refractivity contribution in [3.05, 3.63) is 100 Å². The Balaban J connectivity index is 1.18.